The van der Waals surface area contributed by atoms with Crippen LogP contribution < -0.4 is 0 Å². The molecule has 1 fully saturated rings. The van der Waals surface area contributed by atoms with Gasteiger partial charge in [0.25, 0.3) is 0 Å². The van der Waals surface area contributed by atoms with Gasteiger partial charge in [-0.1, -0.05) is 58.3 Å². The average Bonchev–Trinajstić information content (AvgIpc) is 2.62. The molecule has 0 saturated carbocycles. The van der Waals surface area contributed by atoms with Crippen LogP contribution in [0.15, 0.2) is 0 Å². The van der Waals surface area contributed by atoms with Crippen LogP contribution in [0.3, 0.4) is 0 Å². The molecule has 1 aliphatic heterocycles. The van der Waals surface area contributed by atoms with Crippen molar-refractivity contribution in [2.75, 3.05) is 19.0 Å². The first-order valence-corrected chi connectivity index (χ1v) is 8.72. The van der Waals surface area contributed by atoms with Crippen molar-refractivity contribution in [2.45, 2.75) is 83.6 Å². The molecule has 0 spiro atoms. The molecular weight excluding hydrogens is 242 g/mol. The minimum atomic E-state index is 0.661. The smallest absolute Gasteiger partial charge is 0.0379 e. The highest BCUT2D eigenvalue weighted by atomic mass is 35.5. The predicted molar refractivity (Wildman–Crippen MR) is 82.5 cm³/mol. The third-order valence-corrected chi connectivity index (χ3v) is 4.58. The lowest BCUT2D eigenvalue weighted by atomic mass is 10.1. The number of alkyl halides is 1. The standard InChI is InChI=1S/C16H32ClN/c1-2-3-4-5-6-7-10-13-18-14-11-8-9-12-16(18)15-17/h16H,2-15H2,1H3. The van der Waals surface area contributed by atoms with E-state index in [0.717, 1.165) is 5.88 Å². The van der Waals surface area contributed by atoms with E-state index in [0.29, 0.717) is 6.04 Å². The fourth-order valence-corrected chi connectivity index (χ4v) is 3.33. The second kappa shape index (κ2) is 11.1. The van der Waals surface area contributed by atoms with Crippen LogP contribution in [0, 0.1) is 0 Å². The van der Waals surface area contributed by atoms with Crippen LogP contribution in [0.1, 0.15) is 77.6 Å². The van der Waals surface area contributed by atoms with Crippen LogP contribution >= 0.6 is 11.6 Å². The van der Waals surface area contributed by atoms with E-state index in [4.69, 9.17) is 11.6 Å². The van der Waals surface area contributed by atoms with E-state index >= 15 is 0 Å². The SMILES string of the molecule is CCCCCCCCCN1CCCCCC1CCl. The van der Waals surface area contributed by atoms with E-state index in [9.17, 15) is 0 Å². The molecule has 0 amide bonds. The van der Waals surface area contributed by atoms with Gasteiger partial charge in [-0.3, -0.25) is 4.90 Å². The highest BCUT2D eigenvalue weighted by Crippen LogP contribution is 2.18. The Morgan fingerprint density at radius 1 is 0.944 bits per heavy atom. The third-order valence-electron chi connectivity index (χ3n) is 4.23. The minimum absolute atomic E-state index is 0.661. The molecule has 0 aliphatic carbocycles. The molecule has 108 valence electrons. The van der Waals surface area contributed by atoms with Crippen molar-refractivity contribution in [3.05, 3.63) is 0 Å². The van der Waals surface area contributed by atoms with Gasteiger partial charge in [0, 0.05) is 11.9 Å². The van der Waals surface area contributed by atoms with Crippen molar-refractivity contribution >= 4 is 11.6 Å². The molecule has 0 aromatic rings. The van der Waals surface area contributed by atoms with Gasteiger partial charge in [0.1, 0.15) is 0 Å². The fourth-order valence-electron chi connectivity index (χ4n) is 2.98. The number of hydrogen-bond acceptors (Lipinski definition) is 1. The molecule has 0 bridgehead atoms. The number of likely N-dealkylation sites (tertiary alicyclic amines) is 1. The quantitative estimate of drug-likeness (QED) is 0.411. The summed E-state index contributed by atoms with van der Waals surface area (Å²) in [5.74, 6) is 0.830. The van der Waals surface area contributed by atoms with Gasteiger partial charge in [0.15, 0.2) is 0 Å². The Bertz CT molecular complexity index is 184. The van der Waals surface area contributed by atoms with Gasteiger partial charge in [-0.25, -0.2) is 0 Å². The van der Waals surface area contributed by atoms with Crippen molar-refractivity contribution in [1.82, 2.24) is 4.90 Å². The molecule has 1 aliphatic rings. The Morgan fingerprint density at radius 3 is 2.39 bits per heavy atom. The van der Waals surface area contributed by atoms with Crippen LogP contribution in [0.4, 0.5) is 0 Å². The van der Waals surface area contributed by atoms with E-state index in [2.05, 4.69) is 11.8 Å². The topological polar surface area (TPSA) is 3.24 Å². The molecule has 0 N–H and O–H groups in total. The van der Waals surface area contributed by atoms with Crippen LogP contribution in [0.25, 0.3) is 0 Å². The first kappa shape index (κ1) is 16.3. The zero-order chi connectivity index (χ0) is 13.1. The predicted octanol–water partition coefficient (Wildman–Crippen LogP) is 5.22. The Morgan fingerprint density at radius 2 is 1.67 bits per heavy atom. The Labute approximate surface area is 119 Å². The largest absolute Gasteiger partial charge is 0.299 e. The van der Waals surface area contributed by atoms with E-state index < -0.39 is 0 Å². The summed E-state index contributed by atoms with van der Waals surface area (Å²) in [6.45, 7) is 4.85. The molecule has 18 heavy (non-hydrogen) atoms. The second-order valence-corrected chi connectivity index (χ2v) is 6.12. The lowest BCUT2D eigenvalue weighted by Crippen LogP contribution is -2.36. The second-order valence-electron chi connectivity index (χ2n) is 5.81. The first-order chi connectivity index (χ1) is 8.88. The summed E-state index contributed by atoms with van der Waals surface area (Å²) >= 11 is 6.10. The molecule has 0 aromatic carbocycles. The van der Waals surface area contributed by atoms with Crippen LogP contribution in [0.2, 0.25) is 0 Å². The molecule has 1 saturated heterocycles. The van der Waals surface area contributed by atoms with Crippen molar-refractivity contribution in [3.8, 4) is 0 Å². The van der Waals surface area contributed by atoms with Crippen molar-refractivity contribution in [3.63, 3.8) is 0 Å². The lowest BCUT2D eigenvalue weighted by molar-refractivity contribution is 0.211. The first-order valence-electron chi connectivity index (χ1n) is 8.18. The Hall–Kier alpha value is 0.250. The summed E-state index contributed by atoms with van der Waals surface area (Å²) in [7, 11) is 0. The fraction of sp³-hybridized carbons (Fsp3) is 1.00. The lowest BCUT2D eigenvalue weighted by Gasteiger charge is -2.28. The maximum Gasteiger partial charge on any atom is 0.0379 e. The summed E-state index contributed by atoms with van der Waals surface area (Å²) in [6.07, 6.45) is 15.3. The minimum Gasteiger partial charge on any atom is -0.299 e. The maximum absolute atomic E-state index is 6.10. The van der Waals surface area contributed by atoms with Gasteiger partial charge in [-0.05, 0) is 32.4 Å². The van der Waals surface area contributed by atoms with Gasteiger partial charge in [0.2, 0.25) is 0 Å². The van der Waals surface area contributed by atoms with Crippen LogP contribution in [-0.2, 0) is 0 Å². The summed E-state index contributed by atoms with van der Waals surface area (Å²) in [5.41, 5.74) is 0. The van der Waals surface area contributed by atoms with Crippen LogP contribution in [-0.4, -0.2) is 29.9 Å². The molecule has 1 atom stereocenters. The molecule has 1 nitrogen and oxygen atoms in total. The Kier molecular flexibility index (Phi) is 10.1. The zero-order valence-corrected chi connectivity index (χ0v) is 13.1. The van der Waals surface area contributed by atoms with Gasteiger partial charge < -0.3 is 0 Å². The molecule has 1 unspecified atom stereocenters. The van der Waals surface area contributed by atoms with Gasteiger partial charge in [0.05, 0.1) is 0 Å². The Balaban J connectivity index is 2.05. The van der Waals surface area contributed by atoms with Crippen molar-refractivity contribution in [1.29, 1.82) is 0 Å². The normalized spacial score (nSPS) is 22.0. The van der Waals surface area contributed by atoms with Gasteiger partial charge in [-0.15, -0.1) is 11.6 Å². The third kappa shape index (κ3) is 6.99. The average molecular weight is 274 g/mol. The van der Waals surface area contributed by atoms with Crippen LogP contribution in [0.5, 0.6) is 0 Å². The highest BCUT2D eigenvalue weighted by molar-refractivity contribution is 6.18. The molecule has 1 rings (SSSR count). The monoisotopic (exact) mass is 273 g/mol. The number of nitrogens with zero attached hydrogens (tertiary/aromatic N) is 1. The number of rotatable bonds is 9. The summed E-state index contributed by atoms with van der Waals surface area (Å²) in [6, 6.07) is 0.661. The summed E-state index contributed by atoms with van der Waals surface area (Å²) in [4.78, 5) is 2.66. The highest BCUT2D eigenvalue weighted by Gasteiger charge is 2.19. The summed E-state index contributed by atoms with van der Waals surface area (Å²) in [5, 5.41) is 0. The van der Waals surface area contributed by atoms with Gasteiger partial charge in [-0.2, -0.15) is 0 Å². The molecule has 1 heterocycles. The molecular formula is C16H32ClN. The maximum atomic E-state index is 6.10. The van der Waals surface area contributed by atoms with E-state index in [1.54, 1.807) is 0 Å². The van der Waals surface area contributed by atoms with Gasteiger partial charge >= 0.3 is 0 Å². The molecule has 0 aromatic heterocycles. The number of hydrogen-bond donors (Lipinski definition) is 0. The zero-order valence-electron chi connectivity index (χ0n) is 12.3. The molecule has 2 heteroatoms. The van der Waals surface area contributed by atoms with E-state index in [1.807, 2.05) is 0 Å². The summed E-state index contributed by atoms with van der Waals surface area (Å²) < 4.78 is 0. The van der Waals surface area contributed by atoms with Crippen molar-refractivity contribution < 1.29 is 0 Å². The van der Waals surface area contributed by atoms with E-state index in [-0.39, 0.29) is 0 Å². The molecule has 0 radical (unpaired) electrons. The van der Waals surface area contributed by atoms with Crippen molar-refractivity contribution in [2.24, 2.45) is 0 Å². The van der Waals surface area contributed by atoms with E-state index in [1.165, 1.54) is 83.7 Å². The number of unbranched alkanes of at least 4 members (excludes halogenated alkanes) is 6. The number of halogens is 1.